The Balaban J connectivity index is 3.38. The van der Waals surface area contributed by atoms with Gasteiger partial charge in [0.15, 0.2) is 0 Å². The molecule has 1 rings (SSSR count). The third-order valence-corrected chi connectivity index (χ3v) is 2.27. The molecule has 0 aliphatic carbocycles. The second-order valence-corrected chi connectivity index (χ2v) is 2.99. The van der Waals surface area contributed by atoms with E-state index in [4.69, 9.17) is 5.26 Å². The first-order valence-electron chi connectivity index (χ1n) is 4.32. The van der Waals surface area contributed by atoms with E-state index >= 15 is 0 Å². The lowest BCUT2D eigenvalue weighted by molar-refractivity contribution is 0.481. The Labute approximate surface area is 77.8 Å². The minimum absolute atomic E-state index is 0.463. The van der Waals surface area contributed by atoms with Crippen molar-refractivity contribution in [3.8, 4) is 6.07 Å². The van der Waals surface area contributed by atoms with Gasteiger partial charge >= 0.3 is 0 Å². The molecule has 2 heteroatoms. The maximum Gasteiger partial charge on any atom is 0.116 e. The molecular formula is C11H12FN. The summed E-state index contributed by atoms with van der Waals surface area (Å²) in [6, 6.07) is 5.56. The van der Waals surface area contributed by atoms with Gasteiger partial charge < -0.3 is 0 Å². The van der Waals surface area contributed by atoms with Gasteiger partial charge in [0.05, 0.1) is 11.6 Å². The normalized spacial score (nSPS) is 9.69. The molecule has 0 spiro atoms. The molecule has 68 valence electrons. The highest BCUT2D eigenvalue weighted by molar-refractivity contribution is 5.46. The molecule has 1 nitrogen and oxygen atoms in total. The summed E-state index contributed by atoms with van der Waals surface area (Å²) in [6.07, 6.45) is 0.778. The molecule has 0 radical (unpaired) electrons. The Bertz CT molecular complexity index is 350. The van der Waals surface area contributed by atoms with Crippen LogP contribution in [0.5, 0.6) is 0 Å². The molecule has 0 atom stereocenters. The van der Waals surface area contributed by atoms with Crippen LogP contribution in [0.25, 0.3) is 0 Å². The topological polar surface area (TPSA) is 23.8 Å². The molecule has 0 bridgehead atoms. The minimum Gasteiger partial charge on any atom is -0.246 e. The van der Waals surface area contributed by atoms with E-state index in [2.05, 4.69) is 0 Å². The molecular weight excluding hydrogens is 165 g/mol. The Kier molecular flexibility index (Phi) is 3.02. The van der Waals surface area contributed by atoms with Gasteiger partial charge in [0.2, 0.25) is 0 Å². The molecule has 0 fully saturated rings. The van der Waals surface area contributed by atoms with Crippen LogP contribution < -0.4 is 0 Å². The molecule has 0 saturated carbocycles. The van der Waals surface area contributed by atoms with Crippen LogP contribution in [0.3, 0.4) is 0 Å². The Morgan fingerprint density at radius 2 is 2.08 bits per heavy atom. The van der Waals surface area contributed by atoms with Crippen LogP contribution in [0.15, 0.2) is 12.1 Å². The number of aryl methyl sites for hydroxylation is 1. The smallest absolute Gasteiger partial charge is 0.116 e. The van der Waals surface area contributed by atoms with E-state index in [0.717, 1.165) is 17.5 Å². The summed E-state index contributed by atoms with van der Waals surface area (Å²) in [7, 11) is 0. The summed E-state index contributed by atoms with van der Waals surface area (Å²) in [4.78, 5) is 0. The van der Waals surface area contributed by atoms with Gasteiger partial charge in [0.1, 0.15) is 6.67 Å². The molecule has 0 N–H and O–H groups in total. The average molecular weight is 177 g/mol. The number of nitriles is 1. The molecule has 0 saturated heterocycles. The van der Waals surface area contributed by atoms with E-state index in [1.165, 1.54) is 0 Å². The lowest BCUT2D eigenvalue weighted by Gasteiger charge is -2.09. The Morgan fingerprint density at radius 3 is 2.54 bits per heavy atom. The highest BCUT2D eigenvalue weighted by Crippen LogP contribution is 2.20. The van der Waals surface area contributed by atoms with E-state index in [9.17, 15) is 4.39 Å². The van der Waals surface area contributed by atoms with Crippen molar-refractivity contribution in [1.29, 1.82) is 5.26 Å². The summed E-state index contributed by atoms with van der Waals surface area (Å²) >= 11 is 0. The quantitative estimate of drug-likeness (QED) is 0.681. The Morgan fingerprint density at radius 1 is 1.38 bits per heavy atom. The van der Waals surface area contributed by atoms with Gasteiger partial charge in [0, 0.05) is 5.56 Å². The third-order valence-electron chi connectivity index (χ3n) is 2.27. The predicted molar refractivity (Wildman–Crippen MR) is 50.1 cm³/mol. The highest BCUT2D eigenvalue weighted by Gasteiger charge is 2.08. The maximum absolute atomic E-state index is 12.6. The fourth-order valence-electron chi connectivity index (χ4n) is 1.56. The number of hydrogen-bond donors (Lipinski definition) is 0. The fraction of sp³-hybridized carbons (Fsp3) is 0.364. The van der Waals surface area contributed by atoms with Crippen molar-refractivity contribution in [3.63, 3.8) is 0 Å². The largest absolute Gasteiger partial charge is 0.246 e. The van der Waals surface area contributed by atoms with Gasteiger partial charge in [-0.3, -0.25) is 0 Å². The number of hydrogen-bond acceptors (Lipinski definition) is 1. The lowest BCUT2D eigenvalue weighted by Crippen LogP contribution is -1.97. The van der Waals surface area contributed by atoms with Crippen molar-refractivity contribution in [3.05, 3.63) is 34.4 Å². The third kappa shape index (κ3) is 1.70. The van der Waals surface area contributed by atoms with Crippen LogP contribution in [-0.4, -0.2) is 0 Å². The number of benzene rings is 1. The molecule has 0 aliphatic heterocycles. The molecule has 0 aliphatic rings. The van der Waals surface area contributed by atoms with Crippen LogP contribution in [-0.2, 0) is 13.1 Å². The molecule has 1 aromatic rings. The SMILES string of the molecule is CCc1c(C)ccc(C#N)c1CF. The van der Waals surface area contributed by atoms with E-state index in [-0.39, 0.29) is 0 Å². The van der Waals surface area contributed by atoms with E-state index in [0.29, 0.717) is 11.1 Å². The highest BCUT2D eigenvalue weighted by atomic mass is 19.1. The van der Waals surface area contributed by atoms with Gasteiger partial charge in [-0.2, -0.15) is 5.26 Å². The van der Waals surface area contributed by atoms with Gasteiger partial charge in [0.25, 0.3) is 0 Å². The van der Waals surface area contributed by atoms with Crippen molar-refractivity contribution in [2.45, 2.75) is 26.9 Å². The maximum atomic E-state index is 12.6. The first kappa shape index (κ1) is 9.73. The van der Waals surface area contributed by atoms with Crippen LogP contribution in [0.2, 0.25) is 0 Å². The van der Waals surface area contributed by atoms with E-state index in [1.807, 2.05) is 26.0 Å². The van der Waals surface area contributed by atoms with Crippen molar-refractivity contribution in [1.82, 2.24) is 0 Å². The monoisotopic (exact) mass is 177 g/mol. The minimum atomic E-state index is -0.548. The molecule has 0 heterocycles. The van der Waals surface area contributed by atoms with Crippen molar-refractivity contribution >= 4 is 0 Å². The van der Waals surface area contributed by atoms with Crippen LogP contribution in [0, 0.1) is 18.3 Å². The summed E-state index contributed by atoms with van der Waals surface area (Å²) in [5.41, 5.74) is 3.06. The number of rotatable bonds is 2. The summed E-state index contributed by atoms with van der Waals surface area (Å²) in [5.74, 6) is 0. The van der Waals surface area contributed by atoms with Gasteiger partial charge in [-0.15, -0.1) is 0 Å². The lowest BCUT2D eigenvalue weighted by atomic mass is 9.96. The summed E-state index contributed by atoms with van der Waals surface area (Å²) in [5, 5.41) is 8.74. The van der Waals surface area contributed by atoms with Crippen molar-refractivity contribution in [2.24, 2.45) is 0 Å². The van der Waals surface area contributed by atoms with E-state index in [1.54, 1.807) is 6.07 Å². The second kappa shape index (κ2) is 4.04. The average Bonchev–Trinajstić information content (AvgIpc) is 2.17. The second-order valence-electron chi connectivity index (χ2n) is 2.99. The summed E-state index contributed by atoms with van der Waals surface area (Å²) < 4.78 is 12.6. The number of nitrogens with zero attached hydrogens (tertiary/aromatic N) is 1. The Hall–Kier alpha value is -1.36. The zero-order chi connectivity index (χ0) is 9.84. The van der Waals surface area contributed by atoms with Crippen molar-refractivity contribution < 1.29 is 4.39 Å². The molecule has 0 amide bonds. The molecule has 0 aromatic heterocycles. The fourth-order valence-corrected chi connectivity index (χ4v) is 1.56. The standard InChI is InChI=1S/C11H12FN/c1-3-10-8(2)4-5-9(7-13)11(10)6-12/h4-5H,3,6H2,1-2H3. The zero-order valence-corrected chi connectivity index (χ0v) is 7.89. The number of alkyl halides is 1. The van der Waals surface area contributed by atoms with Crippen LogP contribution >= 0.6 is 0 Å². The predicted octanol–water partition coefficient (Wildman–Crippen LogP) is 2.90. The number of halogens is 1. The zero-order valence-electron chi connectivity index (χ0n) is 7.89. The van der Waals surface area contributed by atoms with Gasteiger partial charge in [-0.25, -0.2) is 4.39 Å². The summed E-state index contributed by atoms with van der Waals surface area (Å²) in [6.45, 7) is 3.37. The molecule has 13 heavy (non-hydrogen) atoms. The van der Waals surface area contributed by atoms with Gasteiger partial charge in [-0.1, -0.05) is 13.0 Å². The van der Waals surface area contributed by atoms with E-state index < -0.39 is 6.67 Å². The first-order valence-corrected chi connectivity index (χ1v) is 4.32. The van der Waals surface area contributed by atoms with Gasteiger partial charge in [-0.05, 0) is 30.5 Å². The van der Waals surface area contributed by atoms with Crippen molar-refractivity contribution in [2.75, 3.05) is 0 Å². The van der Waals surface area contributed by atoms with Crippen LogP contribution in [0.1, 0.15) is 29.2 Å². The molecule has 0 unspecified atom stereocenters. The first-order chi connectivity index (χ1) is 6.24. The van der Waals surface area contributed by atoms with Crippen LogP contribution in [0.4, 0.5) is 4.39 Å². The molecule has 1 aromatic carbocycles.